The molecule has 2 aromatic rings. The predicted octanol–water partition coefficient (Wildman–Crippen LogP) is 3.52. The molecule has 4 heteroatoms. The van der Waals surface area contributed by atoms with Crippen molar-refractivity contribution in [3.05, 3.63) is 40.0 Å². The molecule has 0 aliphatic carbocycles. The summed E-state index contributed by atoms with van der Waals surface area (Å²) in [5.41, 5.74) is 3.80. The molecular formula is C14H14ClNO2. The van der Waals surface area contributed by atoms with Gasteiger partial charge >= 0.3 is 5.97 Å². The van der Waals surface area contributed by atoms with E-state index in [1.807, 2.05) is 32.0 Å². The first-order chi connectivity index (χ1) is 8.47. The molecule has 0 fully saturated rings. The Morgan fingerprint density at radius 2 is 2.06 bits per heavy atom. The zero-order chi connectivity index (χ0) is 13.3. The normalized spacial score (nSPS) is 10.8. The number of aryl methyl sites for hydroxylation is 3. The van der Waals surface area contributed by atoms with Crippen LogP contribution in [0.25, 0.3) is 10.9 Å². The molecule has 2 rings (SSSR count). The standard InChI is InChI=1S/C14H14ClNO2/c1-8-5-11(15)7-12-10(3-4-13(17)18)6-9(2)16-14(8)12/h5-7H,3-4H2,1-2H3,(H,17,18). The first kappa shape index (κ1) is 12.8. The minimum Gasteiger partial charge on any atom is -0.481 e. The van der Waals surface area contributed by atoms with Crippen LogP contribution < -0.4 is 0 Å². The van der Waals surface area contributed by atoms with E-state index in [9.17, 15) is 4.79 Å². The van der Waals surface area contributed by atoms with Crippen molar-refractivity contribution in [1.29, 1.82) is 0 Å². The molecule has 18 heavy (non-hydrogen) atoms. The van der Waals surface area contributed by atoms with E-state index in [0.717, 1.165) is 27.7 Å². The number of hydrogen-bond donors (Lipinski definition) is 1. The van der Waals surface area contributed by atoms with Crippen LogP contribution in [0.4, 0.5) is 0 Å². The summed E-state index contributed by atoms with van der Waals surface area (Å²) in [5, 5.41) is 10.4. The molecule has 3 nitrogen and oxygen atoms in total. The highest BCUT2D eigenvalue weighted by Gasteiger charge is 2.09. The SMILES string of the molecule is Cc1cc(CCC(=O)O)c2cc(Cl)cc(C)c2n1. The molecule has 0 spiro atoms. The van der Waals surface area contributed by atoms with E-state index in [4.69, 9.17) is 16.7 Å². The third-order valence-corrected chi connectivity index (χ3v) is 3.11. The fourth-order valence-electron chi connectivity index (χ4n) is 2.12. The minimum atomic E-state index is -0.795. The lowest BCUT2D eigenvalue weighted by atomic mass is 10.0. The second kappa shape index (κ2) is 4.94. The minimum absolute atomic E-state index is 0.115. The Kier molecular flexibility index (Phi) is 3.53. The summed E-state index contributed by atoms with van der Waals surface area (Å²) >= 11 is 6.05. The molecule has 0 saturated carbocycles. The molecule has 0 unspecified atom stereocenters. The second-order valence-corrected chi connectivity index (χ2v) is 4.87. The van der Waals surface area contributed by atoms with Gasteiger partial charge in [-0.05, 0) is 49.6 Å². The Morgan fingerprint density at radius 3 is 2.72 bits per heavy atom. The van der Waals surface area contributed by atoms with Crippen molar-refractivity contribution in [3.63, 3.8) is 0 Å². The quantitative estimate of drug-likeness (QED) is 0.922. The van der Waals surface area contributed by atoms with Crippen LogP contribution >= 0.6 is 11.6 Å². The highest BCUT2D eigenvalue weighted by Crippen LogP contribution is 2.26. The zero-order valence-electron chi connectivity index (χ0n) is 10.3. The van der Waals surface area contributed by atoms with E-state index >= 15 is 0 Å². The summed E-state index contributed by atoms with van der Waals surface area (Å²) in [4.78, 5) is 15.2. The van der Waals surface area contributed by atoms with Crippen molar-refractivity contribution in [2.24, 2.45) is 0 Å². The fraction of sp³-hybridized carbons (Fsp3) is 0.286. The molecule has 0 atom stereocenters. The number of fused-ring (bicyclic) bond motifs is 1. The van der Waals surface area contributed by atoms with Crippen molar-refractivity contribution in [3.8, 4) is 0 Å². The van der Waals surface area contributed by atoms with Crippen molar-refractivity contribution >= 4 is 28.5 Å². The highest BCUT2D eigenvalue weighted by molar-refractivity contribution is 6.31. The van der Waals surface area contributed by atoms with Crippen molar-refractivity contribution < 1.29 is 9.90 Å². The third kappa shape index (κ3) is 2.62. The van der Waals surface area contributed by atoms with Gasteiger partial charge in [0.25, 0.3) is 0 Å². The summed E-state index contributed by atoms with van der Waals surface area (Å²) in [6, 6.07) is 5.66. The van der Waals surface area contributed by atoms with Crippen LogP contribution in [0.1, 0.15) is 23.2 Å². The number of halogens is 1. The maximum absolute atomic E-state index is 10.7. The number of hydrogen-bond acceptors (Lipinski definition) is 2. The van der Waals surface area contributed by atoms with Gasteiger partial charge in [0.2, 0.25) is 0 Å². The topological polar surface area (TPSA) is 50.2 Å². The number of carboxylic acid groups (broad SMARTS) is 1. The van der Waals surface area contributed by atoms with Crippen molar-refractivity contribution in [1.82, 2.24) is 4.98 Å². The monoisotopic (exact) mass is 263 g/mol. The molecule has 1 heterocycles. The van der Waals surface area contributed by atoms with Crippen LogP contribution in [0.5, 0.6) is 0 Å². The third-order valence-electron chi connectivity index (χ3n) is 2.89. The maximum atomic E-state index is 10.7. The molecule has 1 aromatic carbocycles. The van der Waals surface area contributed by atoms with Gasteiger partial charge in [-0.25, -0.2) is 0 Å². The zero-order valence-corrected chi connectivity index (χ0v) is 11.1. The van der Waals surface area contributed by atoms with Gasteiger partial charge in [-0.2, -0.15) is 0 Å². The average molecular weight is 264 g/mol. The lowest BCUT2D eigenvalue weighted by Crippen LogP contribution is -2.00. The van der Waals surface area contributed by atoms with Gasteiger partial charge in [0.05, 0.1) is 5.52 Å². The van der Waals surface area contributed by atoms with Crippen molar-refractivity contribution in [2.75, 3.05) is 0 Å². The Bertz CT molecular complexity index is 623. The molecule has 0 aliphatic heterocycles. The highest BCUT2D eigenvalue weighted by atomic mass is 35.5. The van der Waals surface area contributed by atoms with E-state index in [1.165, 1.54) is 0 Å². The largest absolute Gasteiger partial charge is 0.481 e. The van der Waals surface area contributed by atoms with Crippen molar-refractivity contribution in [2.45, 2.75) is 26.7 Å². The first-order valence-corrected chi connectivity index (χ1v) is 6.13. The fourth-order valence-corrected chi connectivity index (χ4v) is 2.39. The number of pyridine rings is 1. The Balaban J connectivity index is 2.60. The van der Waals surface area contributed by atoms with E-state index in [0.29, 0.717) is 11.4 Å². The summed E-state index contributed by atoms with van der Waals surface area (Å²) in [6.45, 7) is 3.87. The Labute approximate surface area is 110 Å². The van der Waals surface area contributed by atoms with Gasteiger partial charge in [0.15, 0.2) is 0 Å². The molecule has 1 N–H and O–H groups in total. The molecule has 0 amide bonds. The predicted molar refractivity (Wildman–Crippen MR) is 72.2 cm³/mol. The molecule has 94 valence electrons. The number of aliphatic carboxylic acids is 1. The van der Waals surface area contributed by atoms with Crippen LogP contribution in [0.15, 0.2) is 18.2 Å². The number of rotatable bonds is 3. The molecule has 1 aromatic heterocycles. The van der Waals surface area contributed by atoms with E-state index in [2.05, 4.69) is 4.98 Å². The molecule has 0 aliphatic rings. The summed E-state index contributed by atoms with van der Waals surface area (Å²) in [7, 11) is 0. The van der Waals surface area contributed by atoms with Gasteiger partial charge in [0, 0.05) is 22.5 Å². The Morgan fingerprint density at radius 1 is 1.33 bits per heavy atom. The molecular weight excluding hydrogens is 250 g/mol. The summed E-state index contributed by atoms with van der Waals surface area (Å²) in [6.07, 6.45) is 0.610. The van der Waals surface area contributed by atoms with Gasteiger partial charge in [-0.15, -0.1) is 0 Å². The van der Waals surface area contributed by atoms with Gasteiger partial charge in [0.1, 0.15) is 0 Å². The lowest BCUT2D eigenvalue weighted by Gasteiger charge is -2.09. The number of benzene rings is 1. The molecule has 0 saturated heterocycles. The van der Waals surface area contributed by atoms with Gasteiger partial charge in [-0.3, -0.25) is 9.78 Å². The van der Waals surface area contributed by atoms with E-state index in [-0.39, 0.29) is 6.42 Å². The van der Waals surface area contributed by atoms with Crippen LogP contribution in [0, 0.1) is 13.8 Å². The summed E-state index contributed by atoms with van der Waals surface area (Å²) < 4.78 is 0. The van der Waals surface area contributed by atoms with E-state index < -0.39 is 5.97 Å². The maximum Gasteiger partial charge on any atom is 0.303 e. The number of carbonyl (C=O) groups is 1. The number of nitrogens with zero attached hydrogens (tertiary/aromatic N) is 1. The lowest BCUT2D eigenvalue weighted by molar-refractivity contribution is -0.136. The van der Waals surface area contributed by atoms with Gasteiger partial charge < -0.3 is 5.11 Å². The Hall–Kier alpha value is -1.61. The van der Waals surface area contributed by atoms with Crippen LogP contribution in [0.2, 0.25) is 5.02 Å². The number of carboxylic acids is 1. The van der Waals surface area contributed by atoms with Gasteiger partial charge in [-0.1, -0.05) is 11.6 Å². The molecule has 0 radical (unpaired) electrons. The van der Waals surface area contributed by atoms with Crippen LogP contribution in [0.3, 0.4) is 0 Å². The first-order valence-electron chi connectivity index (χ1n) is 5.75. The summed E-state index contributed by atoms with van der Waals surface area (Å²) in [5.74, 6) is -0.795. The smallest absolute Gasteiger partial charge is 0.303 e. The molecule has 0 bridgehead atoms. The van der Waals surface area contributed by atoms with E-state index in [1.54, 1.807) is 0 Å². The second-order valence-electron chi connectivity index (χ2n) is 4.44. The van der Waals surface area contributed by atoms with Crippen LogP contribution in [-0.4, -0.2) is 16.1 Å². The van der Waals surface area contributed by atoms with Crippen LogP contribution in [-0.2, 0) is 11.2 Å². The average Bonchev–Trinajstić information content (AvgIpc) is 2.27. The number of aromatic nitrogens is 1.